The van der Waals surface area contributed by atoms with Gasteiger partial charge in [-0.05, 0) is 26.0 Å². The minimum absolute atomic E-state index is 0.714. The molecule has 0 bridgehead atoms. The summed E-state index contributed by atoms with van der Waals surface area (Å²) < 4.78 is 0. The molecule has 0 aliphatic rings. The predicted molar refractivity (Wildman–Crippen MR) is 73.7 cm³/mol. The lowest BCUT2D eigenvalue weighted by Crippen LogP contribution is -2.15. The Balaban J connectivity index is 1.98. The van der Waals surface area contributed by atoms with Crippen molar-refractivity contribution in [2.45, 2.75) is 33.2 Å². The normalized spacial score (nSPS) is 10.8. The van der Waals surface area contributed by atoms with Crippen LogP contribution in [0.1, 0.15) is 35.6 Å². The summed E-state index contributed by atoms with van der Waals surface area (Å²) in [7, 11) is 0. The van der Waals surface area contributed by atoms with E-state index in [0.717, 1.165) is 41.7 Å². The van der Waals surface area contributed by atoms with E-state index in [4.69, 9.17) is 0 Å². The predicted octanol–water partition coefficient (Wildman–Crippen LogP) is 2.33. The van der Waals surface area contributed by atoms with E-state index in [-0.39, 0.29) is 0 Å². The number of aromatic nitrogens is 3. The van der Waals surface area contributed by atoms with Crippen molar-refractivity contribution >= 4 is 11.3 Å². The minimum Gasteiger partial charge on any atom is -0.311 e. The molecule has 0 amide bonds. The highest BCUT2D eigenvalue weighted by molar-refractivity contribution is 7.09. The second-order valence-corrected chi connectivity index (χ2v) is 5.24. The average Bonchev–Trinajstić information content (AvgIpc) is 2.76. The zero-order chi connectivity index (χ0) is 12.8. The first-order valence-corrected chi connectivity index (χ1v) is 7.08. The van der Waals surface area contributed by atoms with Gasteiger partial charge in [-0.2, -0.15) is 0 Å². The molecule has 0 fully saturated rings. The van der Waals surface area contributed by atoms with Gasteiger partial charge in [-0.3, -0.25) is 0 Å². The molecular weight excluding hydrogens is 244 g/mol. The van der Waals surface area contributed by atoms with Crippen LogP contribution in [0.5, 0.6) is 0 Å². The Hall–Kier alpha value is -1.33. The third-order valence-corrected chi connectivity index (χ3v) is 3.32. The standard InChI is InChI=1S/C13H18N4S/c1-3-5-14-8-11-4-6-15-13(17-11)7-12-9-18-10(2)16-12/h4,6,9,14H,3,5,7-8H2,1-2H3. The molecule has 2 aromatic heterocycles. The SMILES string of the molecule is CCCNCc1ccnc(Cc2csc(C)n2)n1. The van der Waals surface area contributed by atoms with Crippen molar-refractivity contribution in [2.75, 3.05) is 6.54 Å². The molecule has 1 N–H and O–H groups in total. The van der Waals surface area contributed by atoms with E-state index in [1.165, 1.54) is 0 Å². The Morgan fingerprint density at radius 3 is 2.89 bits per heavy atom. The molecule has 0 spiro atoms. The largest absolute Gasteiger partial charge is 0.311 e. The fourth-order valence-corrected chi connectivity index (χ4v) is 2.28. The van der Waals surface area contributed by atoms with Crippen LogP contribution >= 0.6 is 11.3 Å². The van der Waals surface area contributed by atoms with E-state index in [9.17, 15) is 0 Å². The van der Waals surface area contributed by atoms with Crippen molar-refractivity contribution in [1.29, 1.82) is 0 Å². The molecule has 96 valence electrons. The van der Waals surface area contributed by atoms with Gasteiger partial charge < -0.3 is 5.32 Å². The maximum atomic E-state index is 4.54. The van der Waals surface area contributed by atoms with Crippen LogP contribution in [0.3, 0.4) is 0 Å². The van der Waals surface area contributed by atoms with Crippen molar-refractivity contribution in [3.05, 3.63) is 39.9 Å². The van der Waals surface area contributed by atoms with Crippen molar-refractivity contribution in [3.63, 3.8) is 0 Å². The number of hydrogen-bond donors (Lipinski definition) is 1. The molecule has 2 aromatic rings. The molecule has 0 atom stereocenters. The third-order valence-electron chi connectivity index (χ3n) is 2.50. The van der Waals surface area contributed by atoms with Gasteiger partial charge in [0.15, 0.2) is 0 Å². The molecule has 0 saturated carbocycles. The Labute approximate surface area is 112 Å². The molecule has 5 heteroatoms. The van der Waals surface area contributed by atoms with Gasteiger partial charge in [0.25, 0.3) is 0 Å². The molecule has 4 nitrogen and oxygen atoms in total. The van der Waals surface area contributed by atoms with Crippen molar-refractivity contribution in [2.24, 2.45) is 0 Å². The van der Waals surface area contributed by atoms with E-state index < -0.39 is 0 Å². The van der Waals surface area contributed by atoms with Gasteiger partial charge in [0, 0.05) is 18.1 Å². The zero-order valence-electron chi connectivity index (χ0n) is 10.8. The summed E-state index contributed by atoms with van der Waals surface area (Å²) in [5.74, 6) is 0.844. The molecule has 2 heterocycles. The van der Waals surface area contributed by atoms with Crippen LogP contribution in [0.25, 0.3) is 0 Å². The molecule has 2 rings (SSSR count). The van der Waals surface area contributed by atoms with Gasteiger partial charge in [-0.1, -0.05) is 6.92 Å². The van der Waals surface area contributed by atoms with Crippen LogP contribution in [-0.4, -0.2) is 21.5 Å². The summed E-state index contributed by atoms with van der Waals surface area (Å²) in [4.78, 5) is 13.3. The zero-order valence-corrected chi connectivity index (χ0v) is 11.6. The highest BCUT2D eigenvalue weighted by Crippen LogP contribution is 2.10. The Bertz CT molecular complexity index is 495. The molecular formula is C13H18N4S. The fourth-order valence-electron chi connectivity index (χ4n) is 1.67. The van der Waals surface area contributed by atoms with E-state index in [0.29, 0.717) is 6.42 Å². The summed E-state index contributed by atoms with van der Waals surface area (Å²) in [6, 6.07) is 1.96. The van der Waals surface area contributed by atoms with Crippen LogP contribution in [0.4, 0.5) is 0 Å². The number of hydrogen-bond acceptors (Lipinski definition) is 5. The van der Waals surface area contributed by atoms with E-state index in [1.807, 2.05) is 19.2 Å². The monoisotopic (exact) mass is 262 g/mol. The van der Waals surface area contributed by atoms with Crippen LogP contribution in [0.15, 0.2) is 17.6 Å². The van der Waals surface area contributed by atoms with E-state index in [1.54, 1.807) is 11.3 Å². The number of rotatable bonds is 6. The van der Waals surface area contributed by atoms with Crippen molar-refractivity contribution in [3.8, 4) is 0 Å². The molecule has 0 aliphatic heterocycles. The van der Waals surface area contributed by atoms with Crippen molar-refractivity contribution < 1.29 is 0 Å². The first-order valence-electron chi connectivity index (χ1n) is 6.20. The summed E-state index contributed by atoms with van der Waals surface area (Å²) in [5.41, 5.74) is 2.09. The lowest BCUT2D eigenvalue weighted by atomic mass is 10.3. The maximum Gasteiger partial charge on any atom is 0.134 e. The second kappa shape index (κ2) is 6.56. The third kappa shape index (κ3) is 3.85. The molecule has 0 unspecified atom stereocenters. The number of nitrogens with zero attached hydrogens (tertiary/aromatic N) is 3. The lowest BCUT2D eigenvalue weighted by Gasteiger charge is -2.04. The highest BCUT2D eigenvalue weighted by atomic mass is 32.1. The topological polar surface area (TPSA) is 50.7 Å². The Kier molecular flexibility index (Phi) is 4.78. The van der Waals surface area contributed by atoms with E-state index >= 15 is 0 Å². The summed E-state index contributed by atoms with van der Waals surface area (Å²) in [5, 5.41) is 6.50. The van der Waals surface area contributed by atoms with Gasteiger partial charge in [0.05, 0.1) is 22.8 Å². The Morgan fingerprint density at radius 2 is 2.17 bits per heavy atom. The molecule has 0 aliphatic carbocycles. The van der Waals surface area contributed by atoms with Gasteiger partial charge >= 0.3 is 0 Å². The average molecular weight is 262 g/mol. The smallest absolute Gasteiger partial charge is 0.134 e. The molecule has 0 aromatic carbocycles. The lowest BCUT2D eigenvalue weighted by molar-refractivity contribution is 0.659. The minimum atomic E-state index is 0.714. The highest BCUT2D eigenvalue weighted by Gasteiger charge is 2.04. The Morgan fingerprint density at radius 1 is 1.28 bits per heavy atom. The fraction of sp³-hybridized carbons (Fsp3) is 0.462. The van der Waals surface area contributed by atoms with Crippen LogP contribution in [-0.2, 0) is 13.0 Å². The van der Waals surface area contributed by atoms with Crippen LogP contribution in [0.2, 0.25) is 0 Å². The quantitative estimate of drug-likeness (QED) is 0.812. The second-order valence-electron chi connectivity index (χ2n) is 4.18. The first kappa shape index (κ1) is 13.1. The van der Waals surface area contributed by atoms with Gasteiger partial charge in [0.1, 0.15) is 5.82 Å². The summed E-state index contributed by atoms with van der Waals surface area (Å²) in [6.45, 7) is 5.99. The first-order chi connectivity index (χ1) is 8.78. The molecule has 18 heavy (non-hydrogen) atoms. The van der Waals surface area contributed by atoms with E-state index in [2.05, 4.69) is 32.6 Å². The van der Waals surface area contributed by atoms with Crippen LogP contribution in [0, 0.1) is 6.92 Å². The summed E-state index contributed by atoms with van der Waals surface area (Å²) in [6.07, 6.45) is 3.67. The molecule has 0 radical (unpaired) electrons. The number of thiazole rings is 1. The maximum absolute atomic E-state index is 4.54. The van der Waals surface area contributed by atoms with Gasteiger partial charge in [-0.25, -0.2) is 15.0 Å². The number of aryl methyl sites for hydroxylation is 1. The number of nitrogens with one attached hydrogen (secondary N) is 1. The van der Waals surface area contributed by atoms with Gasteiger partial charge in [0.2, 0.25) is 0 Å². The summed E-state index contributed by atoms with van der Waals surface area (Å²) >= 11 is 1.67. The van der Waals surface area contributed by atoms with Crippen LogP contribution < -0.4 is 5.32 Å². The van der Waals surface area contributed by atoms with Crippen molar-refractivity contribution in [1.82, 2.24) is 20.3 Å². The molecule has 0 saturated heterocycles. The van der Waals surface area contributed by atoms with Gasteiger partial charge in [-0.15, -0.1) is 11.3 Å².